The molecule has 0 aliphatic rings. The molecule has 20 heavy (non-hydrogen) atoms. The van der Waals surface area contributed by atoms with E-state index in [2.05, 4.69) is 5.10 Å². The summed E-state index contributed by atoms with van der Waals surface area (Å²) in [6.07, 6.45) is 1.54. The Balaban J connectivity index is 0.000000347. The minimum absolute atomic E-state index is 0.456. The van der Waals surface area contributed by atoms with Gasteiger partial charge >= 0.3 is 5.15 Å². The molecule has 0 atom stereocenters. The topological polar surface area (TPSA) is 135 Å². The van der Waals surface area contributed by atoms with Gasteiger partial charge < -0.3 is 5.73 Å². The Morgan fingerprint density at radius 3 is 2.00 bits per heavy atom. The monoisotopic (exact) mass is 339 g/mol. The van der Waals surface area contributed by atoms with Gasteiger partial charge in [-0.25, -0.2) is 18.6 Å². The fourth-order valence-corrected chi connectivity index (χ4v) is 1.58. The molecule has 7 nitrogen and oxygen atoms in total. The molecule has 108 valence electrons. The van der Waals surface area contributed by atoms with Gasteiger partial charge in [-0.1, -0.05) is 11.6 Å². The molecule has 1 heterocycles. The van der Waals surface area contributed by atoms with Crippen LogP contribution in [0.1, 0.15) is 0 Å². The Morgan fingerprint density at radius 1 is 1.05 bits per heavy atom. The standard InChI is InChI=1S/C10H7Cl2N3.ClHO4/c11-7-1-3-9(4-2-7)15-10(12)5-8(13)6-14-15;2-1(3,4)5/h1-6,13H;(H,2,3,4,5). The number of halogens is 3. The molecule has 2 aromatic rings. The number of nitrogen functional groups attached to an aromatic ring is 1. The van der Waals surface area contributed by atoms with Gasteiger partial charge in [0.05, 0.1) is 11.8 Å². The molecule has 0 radical (unpaired) electrons. The van der Waals surface area contributed by atoms with Crippen molar-refractivity contribution >= 4 is 28.9 Å². The summed E-state index contributed by atoms with van der Waals surface area (Å²) in [6, 6.07) is 8.86. The van der Waals surface area contributed by atoms with Crippen LogP contribution in [-0.4, -0.2) is 5.10 Å². The molecule has 0 aliphatic carbocycles. The zero-order valence-corrected chi connectivity index (χ0v) is 12.0. The summed E-state index contributed by atoms with van der Waals surface area (Å²) in [6.45, 7) is 0. The van der Waals surface area contributed by atoms with Gasteiger partial charge in [-0.15, -0.1) is 10.2 Å². The molecular formula is C10H8Cl3N3O4. The summed E-state index contributed by atoms with van der Waals surface area (Å²) in [5.74, 6) is 0. The maximum Gasteiger partial charge on any atom is 0.309 e. The molecule has 0 saturated carbocycles. The molecular weight excluding hydrogens is 332 g/mol. The summed E-state index contributed by atoms with van der Waals surface area (Å²) in [5, 5.41) is 5.22. The highest BCUT2D eigenvalue weighted by atomic mass is 35.7. The van der Waals surface area contributed by atoms with E-state index < -0.39 is 10.2 Å². The van der Waals surface area contributed by atoms with Gasteiger partial charge in [-0.2, -0.15) is 0 Å². The highest BCUT2D eigenvalue weighted by Crippen LogP contribution is 2.12. The summed E-state index contributed by atoms with van der Waals surface area (Å²) in [5.41, 5.74) is 6.92. The maximum atomic E-state index is 8.49. The Labute approximate surface area is 126 Å². The van der Waals surface area contributed by atoms with E-state index in [9.17, 15) is 0 Å². The van der Waals surface area contributed by atoms with Gasteiger partial charge in [0.1, 0.15) is 6.20 Å². The van der Waals surface area contributed by atoms with Crippen molar-refractivity contribution in [2.24, 2.45) is 0 Å². The number of anilines is 1. The lowest BCUT2D eigenvalue weighted by Gasteiger charge is -2.17. The molecule has 0 bridgehead atoms. The summed E-state index contributed by atoms with van der Waals surface area (Å²) in [4.78, 5) is 0. The van der Waals surface area contributed by atoms with Crippen LogP contribution in [0.5, 0.6) is 0 Å². The summed E-state index contributed by atoms with van der Waals surface area (Å²) >= 11 is 11.8. The SMILES string of the molecule is Nc1cn[n+](-c2ccc(Cl)cc2)c(Cl)c1.[O-][Cl+3]([O-])([O-])[O-]. The molecule has 0 unspecified atom stereocenters. The predicted octanol–water partition coefficient (Wildman–Crippen LogP) is -2.51. The maximum absolute atomic E-state index is 8.49. The minimum atomic E-state index is -4.94. The van der Waals surface area contributed by atoms with Crippen LogP contribution in [0.4, 0.5) is 5.69 Å². The van der Waals surface area contributed by atoms with Gasteiger partial charge in [0.2, 0.25) is 5.69 Å². The van der Waals surface area contributed by atoms with Crippen LogP contribution in [0.3, 0.4) is 0 Å². The van der Waals surface area contributed by atoms with Gasteiger partial charge in [0, 0.05) is 22.3 Å². The molecule has 0 amide bonds. The van der Waals surface area contributed by atoms with Crippen LogP contribution < -0.4 is 29.1 Å². The molecule has 2 N–H and O–H groups in total. The van der Waals surface area contributed by atoms with Crippen LogP contribution in [0.2, 0.25) is 10.2 Å². The number of hydrogen-bond acceptors (Lipinski definition) is 6. The normalized spacial score (nSPS) is 10.7. The fourth-order valence-electron chi connectivity index (χ4n) is 1.19. The lowest BCUT2D eigenvalue weighted by molar-refractivity contribution is -2.00. The van der Waals surface area contributed by atoms with Crippen molar-refractivity contribution in [1.29, 1.82) is 0 Å². The molecule has 1 aromatic carbocycles. The molecule has 0 spiro atoms. The smallest absolute Gasteiger partial charge is 0.309 e. The van der Waals surface area contributed by atoms with E-state index in [0.29, 0.717) is 15.9 Å². The molecule has 1 aromatic heterocycles. The van der Waals surface area contributed by atoms with E-state index in [4.69, 9.17) is 47.6 Å². The highest BCUT2D eigenvalue weighted by Gasteiger charge is 2.13. The lowest BCUT2D eigenvalue weighted by Crippen LogP contribution is -2.68. The lowest BCUT2D eigenvalue weighted by atomic mass is 10.3. The van der Waals surface area contributed by atoms with E-state index in [-0.39, 0.29) is 0 Å². The number of benzene rings is 1. The van der Waals surface area contributed by atoms with Crippen LogP contribution in [0.25, 0.3) is 5.69 Å². The summed E-state index contributed by atoms with van der Waals surface area (Å²) in [7, 11) is -4.94. The predicted molar refractivity (Wildman–Crippen MR) is 60.2 cm³/mol. The van der Waals surface area contributed by atoms with Gasteiger partial charge in [-0.3, -0.25) is 0 Å². The van der Waals surface area contributed by atoms with E-state index in [1.807, 2.05) is 12.1 Å². The van der Waals surface area contributed by atoms with Crippen molar-refractivity contribution in [2.45, 2.75) is 0 Å². The molecule has 0 fully saturated rings. The third kappa shape index (κ3) is 6.31. The summed E-state index contributed by atoms with van der Waals surface area (Å²) < 4.78 is 35.5. The largest absolute Gasteiger partial charge is 0.397 e. The number of aromatic nitrogens is 2. The van der Waals surface area contributed by atoms with E-state index in [0.717, 1.165) is 5.69 Å². The Kier molecular flexibility index (Phi) is 5.90. The quantitative estimate of drug-likeness (QED) is 0.570. The Bertz CT molecular complexity index is 569. The third-order valence-corrected chi connectivity index (χ3v) is 2.40. The van der Waals surface area contributed by atoms with Gasteiger partial charge in [-0.05, 0) is 28.4 Å². The van der Waals surface area contributed by atoms with Gasteiger partial charge in [0.25, 0.3) is 0 Å². The third-order valence-electron chi connectivity index (χ3n) is 1.88. The van der Waals surface area contributed by atoms with Crippen molar-refractivity contribution in [2.75, 3.05) is 5.73 Å². The van der Waals surface area contributed by atoms with Crippen molar-refractivity contribution in [3.63, 3.8) is 0 Å². The Hall–Kier alpha value is -1.19. The number of nitrogens with two attached hydrogens (primary N) is 1. The zero-order chi connectivity index (χ0) is 15.3. The van der Waals surface area contributed by atoms with Gasteiger partial charge in [0.15, 0.2) is 0 Å². The molecule has 0 aliphatic heterocycles. The second-order valence-corrected chi connectivity index (χ2v) is 4.96. The van der Waals surface area contributed by atoms with Crippen LogP contribution in [0, 0.1) is 10.2 Å². The van der Waals surface area contributed by atoms with Crippen molar-refractivity contribution in [3.05, 3.63) is 46.7 Å². The van der Waals surface area contributed by atoms with Crippen molar-refractivity contribution in [3.8, 4) is 5.69 Å². The first-order valence-corrected chi connectivity index (χ1v) is 6.87. The first-order chi connectivity index (χ1) is 9.16. The number of rotatable bonds is 1. The second-order valence-electron chi connectivity index (χ2n) is 3.38. The minimum Gasteiger partial charge on any atom is -0.397 e. The number of hydrogen-bond donors (Lipinski definition) is 1. The average Bonchev–Trinajstić information content (AvgIpc) is 2.28. The zero-order valence-electron chi connectivity index (χ0n) is 9.70. The highest BCUT2D eigenvalue weighted by molar-refractivity contribution is 6.30. The molecule has 0 saturated heterocycles. The molecule has 10 heteroatoms. The number of nitrogens with zero attached hydrogens (tertiary/aromatic N) is 2. The average molecular weight is 341 g/mol. The van der Waals surface area contributed by atoms with E-state index in [1.54, 1.807) is 29.1 Å². The van der Waals surface area contributed by atoms with Crippen molar-refractivity contribution < 1.29 is 33.6 Å². The first-order valence-electron chi connectivity index (χ1n) is 4.88. The first kappa shape index (κ1) is 16.9. The fraction of sp³-hybridized carbons (Fsp3) is 0. The Morgan fingerprint density at radius 2 is 1.55 bits per heavy atom. The van der Waals surface area contributed by atoms with Crippen molar-refractivity contribution in [1.82, 2.24) is 5.10 Å². The molecule has 2 rings (SSSR count). The second kappa shape index (κ2) is 7.00. The van der Waals surface area contributed by atoms with Crippen LogP contribution in [0.15, 0.2) is 36.5 Å². The van der Waals surface area contributed by atoms with Crippen LogP contribution in [-0.2, 0) is 0 Å². The van der Waals surface area contributed by atoms with Crippen LogP contribution >= 0.6 is 23.2 Å². The van der Waals surface area contributed by atoms with E-state index in [1.165, 1.54) is 0 Å². The van der Waals surface area contributed by atoms with E-state index >= 15 is 0 Å².